The molecule has 10 heteroatoms. The van der Waals surface area contributed by atoms with Crippen molar-refractivity contribution in [3.63, 3.8) is 0 Å². The molecule has 0 amide bonds. The van der Waals surface area contributed by atoms with Crippen molar-refractivity contribution >= 4 is 46.9 Å². The van der Waals surface area contributed by atoms with Crippen LogP contribution in [0.5, 0.6) is 5.75 Å². The zero-order valence-corrected chi connectivity index (χ0v) is 24.1. The van der Waals surface area contributed by atoms with Crippen LogP contribution in [-0.2, 0) is 16.1 Å². The zero-order chi connectivity index (χ0) is 27.1. The van der Waals surface area contributed by atoms with E-state index in [1.54, 1.807) is 28.6 Å². The van der Waals surface area contributed by atoms with Crippen LogP contribution in [0.25, 0.3) is 0 Å². The number of nitrogens with one attached hydrogen (secondary N) is 1. The lowest BCUT2D eigenvalue weighted by atomic mass is 9.96. The van der Waals surface area contributed by atoms with E-state index in [2.05, 4.69) is 24.1 Å². The number of hydrogen-bond acceptors (Lipinski definition) is 7. The Morgan fingerprint density at radius 1 is 1.11 bits per heavy atom. The maximum atomic E-state index is 13.2. The van der Waals surface area contributed by atoms with E-state index in [1.807, 2.05) is 37.3 Å². The molecule has 3 aromatic rings. The summed E-state index contributed by atoms with van der Waals surface area (Å²) in [7, 11) is 0. The molecule has 38 heavy (non-hydrogen) atoms. The molecule has 0 saturated carbocycles. The van der Waals surface area contributed by atoms with Gasteiger partial charge < -0.3 is 14.8 Å². The Morgan fingerprint density at radius 3 is 2.58 bits per heavy atom. The molecule has 1 N–H and O–H groups in total. The Labute approximate surface area is 237 Å². The highest BCUT2D eigenvalue weighted by Gasteiger charge is 2.35. The van der Waals surface area contributed by atoms with Gasteiger partial charge in [-0.2, -0.15) is 4.98 Å². The van der Waals surface area contributed by atoms with Crippen LogP contribution in [0, 0.1) is 0 Å². The molecule has 202 valence electrons. The van der Waals surface area contributed by atoms with E-state index >= 15 is 0 Å². The van der Waals surface area contributed by atoms with E-state index in [0.717, 1.165) is 42.6 Å². The van der Waals surface area contributed by atoms with Gasteiger partial charge in [-0.3, -0.25) is 0 Å². The van der Waals surface area contributed by atoms with Crippen molar-refractivity contribution in [3.05, 3.63) is 74.9 Å². The number of rotatable bonds is 12. The van der Waals surface area contributed by atoms with Gasteiger partial charge in [0.2, 0.25) is 11.1 Å². The number of fused-ring (bicyclic) bond motifs is 1. The van der Waals surface area contributed by atoms with E-state index in [1.165, 1.54) is 0 Å². The largest absolute Gasteiger partial charge is 0.489 e. The van der Waals surface area contributed by atoms with E-state index in [4.69, 9.17) is 37.8 Å². The molecule has 1 aromatic heterocycles. The molecular weight excluding hydrogens is 543 g/mol. The minimum Gasteiger partial charge on any atom is -0.489 e. The third-order valence-electron chi connectivity index (χ3n) is 6.12. The molecule has 1 atom stereocenters. The Morgan fingerprint density at radius 2 is 1.87 bits per heavy atom. The number of halogens is 2. The van der Waals surface area contributed by atoms with Gasteiger partial charge in [-0.1, -0.05) is 79.9 Å². The van der Waals surface area contributed by atoms with Crippen LogP contribution >= 0.6 is 35.0 Å². The Kier molecular flexibility index (Phi) is 9.99. The van der Waals surface area contributed by atoms with Crippen LogP contribution in [0.1, 0.15) is 63.6 Å². The topological polar surface area (TPSA) is 78.3 Å². The number of anilines is 1. The summed E-state index contributed by atoms with van der Waals surface area (Å²) >= 11 is 13.9. The molecule has 0 aliphatic carbocycles. The SMILES string of the molecule is CCCCOC(=O)C1=C(C)Nc2nc(SCCCC)nn2C1c1ccc(OCc2ccc(Cl)cc2Cl)cc1. The normalized spacial score (nSPS) is 14.7. The van der Waals surface area contributed by atoms with Crippen molar-refractivity contribution < 1.29 is 14.3 Å². The number of hydrogen-bond donors (Lipinski definition) is 1. The standard InChI is InChI=1S/C28H32Cl2N4O3S/c1-4-6-14-36-26(35)24-18(3)31-27-32-28(38-15-7-5-2)33-34(27)25(24)19-9-12-22(13-10-19)37-17-20-8-11-21(29)16-23(20)30/h8-13,16,25H,4-7,14-15,17H2,1-3H3,(H,31,32,33). The fraction of sp³-hybridized carbons (Fsp3) is 0.393. The van der Waals surface area contributed by atoms with Crippen LogP contribution in [-0.4, -0.2) is 33.1 Å². The van der Waals surface area contributed by atoms with Gasteiger partial charge >= 0.3 is 5.97 Å². The van der Waals surface area contributed by atoms with Gasteiger partial charge in [-0.05, 0) is 49.6 Å². The Bertz CT molecular complexity index is 1290. The van der Waals surface area contributed by atoms with Crippen LogP contribution in [0.15, 0.2) is 58.9 Å². The van der Waals surface area contributed by atoms with Gasteiger partial charge in [0.25, 0.3) is 0 Å². The fourth-order valence-corrected chi connectivity index (χ4v) is 5.38. The summed E-state index contributed by atoms with van der Waals surface area (Å²) in [6.45, 7) is 6.78. The number of benzene rings is 2. The van der Waals surface area contributed by atoms with Gasteiger partial charge in [-0.15, -0.1) is 5.10 Å². The molecule has 0 radical (unpaired) electrons. The summed E-state index contributed by atoms with van der Waals surface area (Å²) in [5.41, 5.74) is 2.94. The maximum absolute atomic E-state index is 13.2. The molecule has 2 heterocycles. The van der Waals surface area contributed by atoms with E-state index < -0.39 is 6.04 Å². The van der Waals surface area contributed by atoms with Gasteiger partial charge in [0.15, 0.2) is 0 Å². The first kappa shape index (κ1) is 28.3. The second-order valence-corrected chi connectivity index (χ2v) is 10.9. The Balaban J connectivity index is 1.60. The van der Waals surface area contributed by atoms with Crippen molar-refractivity contribution in [3.8, 4) is 5.75 Å². The highest BCUT2D eigenvalue weighted by atomic mass is 35.5. The summed E-state index contributed by atoms with van der Waals surface area (Å²) in [5.74, 6) is 1.87. The van der Waals surface area contributed by atoms with Crippen LogP contribution in [0.4, 0.5) is 5.95 Å². The summed E-state index contributed by atoms with van der Waals surface area (Å²) in [6.07, 6.45) is 3.95. The molecule has 1 unspecified atom stereocenters. The number of unbranched alkanes of at least 4 members (excludes halogenated alkanes) is 2. The monoisotopic (exact) mass is 574 g/mol. The van der Waals surface area contributed by atoms with Gasteiger partial charge in [0.05, 0.1) is 12.2 Å². The molecule has 2 aromatic carbocycles. The number of allylic oxidation sites excluding steroid dienone is 1. The quantitative estimate of drug-likeness (QED) is 0.135. The smallest absolute Gasteiger partial charge is 0.338 e. The lowest BCUT2D eigenvalue weighted by Gasteiger charge is -2.28. The number of esters is 1. The lowest BCUT2D eigenvalue weighted by molar-refractivity contribution is -0.139. The van der Waals surface area contributed by atoms with Crippen molar-refractivity contribution in [2.24, 2.45) is 0 Å². The third-order valence-corrected chi connectivity index (χ3v) is 7.63. The highest BCUT2D eigenvalue weighted by Crippen LogP contribution is 2.37. The van der Waals surface area contributed by atoms with Gasteiger partial charge in [0, 0.05) is 27.1 Å². The number of carbonyl (C=O) groups is 1. The van der Waals surface area contributed by atoms with E-state index in [9.17, 15) is 4.79 Å². The summed E-state index contributed by atoms with van der Waals surface area (Å²) < 4.78 is 13.4. The summed E-state index contributed by atoms with van der Waals surface area (Å²) in [4.78, 5) is 17.9. The van der Waals surface area contributed by atoms with Crippen molar-refractivity contribution in [1.29, 1.82) is 0 Å². The molecule has 0 saturated heterocycles. The number of aromatic nitrogens is 3. The van der Waals surface area contributed by atoms with Crippen LogP contribution in [0.3, 0.4) is 0 Å². The third kappa shape index (κ3) is 6.84. The average Bonchev–Trinajstić information content (AvgIpc) is 3.30. The predicted octanol–water partition coefficient (Wildman–Crippen LogP) is 7.69. The second kappa shape index (κ2) is 13.4. The summed E-state index contributed by atoms with van der Waals surface area (Å²) in [5, 5.41) is 9.84. The van der Waals surface area contributed by atoms with E-state index in [-0.39, 0.29) is 5.97 Å². The number of nitrogens with zero attached hydrogens (tertiary/aromatic N) is 3. The first-order valence-corrected chi connectivity index (χ1v) is 14.6. The molecule has 0 spiro atoms. The Hall–Kier alpha value is -2.68. The highest BCUT2D eigenvalue weighted by molar-refractivity contribution is 7.99. The fourth-order valence-electron chi connectivity index (χ4n) is 4.01. The maximum Gasteiger partial charge on any atom is 0.338 e. The van der Waals surface area contributed by atoms with Gasteiger partial charge in [-0.25, -0.2) is 9.48 Å². The number of carbonyl (C=O) groups excluding carboxylic acids is 1. The zero-order valence-electron chi connectivity index (χ0n) is 21.8. The van der Waals surface area contributed by atoms with Gasteiger partial charge in [0.1, 0.15) is 18.4 Å². The number of thioether (sulfide) groups is 1. The van der Waals surface area contributed by atoms with Crippen molar-refractivity contribution in [1.82, 2.24) is 14.8 Å². The van der Waals surface area contributed by atoms with Crippen molar-refractivity contribution in [2.75, 3.05) is 17.7 Å². The minimum absolute atomic E-state index is 0.308. The molecule has 1 aliphatic rings. The predicted molar refractivity (Wildman–Crippen MR) is 153 cm³/mol. The molecule has 7 nitrogen and oxygen atoms in total. The first-order chi connectivity index (χ1) is 18.4. The first-order valence-electron chi connectivity index (χ1n) is 12.8. The molecule has 0 bridgehead atoms. The molecule has 1 aliphatic heterocycles. The van der Waals surface area contributed by atoms with Crippen LogP contribution < -0.4 is 10.1 Å². The van der Waals surface area contributed by atoms with Crippen LogP contribution in [0.2, 0.25) is 10.0 Å². The van der Waals surface area contributed by atoms with Crippen molar-refractivity contribution in [2.45, 2.75) is 64.3 Å². The van der Waals surface area contributed by atoms with E-state index in [0.29, 0.717) is 51.4 Å². The summed E-state index contributed by atoms with van der Waals surface area (Å²) in [6, 6.07) is 12.5. The minimum atomic E-state index is -0.479. The molecule has 4 rings (SSSR count). The lowest BCUT2D eigenvalue weighted by Crippen LogP contribution is -2.29. The second-order valence-electron chi connectivity index (χ2n) is 9.01. The average molecular weight is 576 g/mol. The molecule has 0 fully saturated rings. The number of ether oxygens (including phenoxy) is 2. The molecular formula is C28H32Cl2N4O3S.